The van der Waals surface area contributed by atoms with Crippen molar-refractivity contribution in [1.29, 1.82) is 0 Å². The first-order valence-corrected chi connectivity index (χ1v) is 8.13. The fourth-order valence-electron chi connectivity index (χ4n) is 2.98. The molecule has 3 rings (SSSR count). The Morgan fingerprint density at radius 3 is 2.50 bits per heavy atom. The molecular weight excluding hydrogens is 327 g/mol. The molecule has 1 fully saturated rings. The molecule has 1 aliphatic rings. The number of benzene rings is 2. The van der Waals surface area contributed by atoms with Crippen LogP contribution in [-0.2, 0) is 6.61 Å². The van der Waals surface area contributed by atoms with E-state index in [2.05, 4.69) is 29.4 Å². The zero-order chi connectivity index (χ0) is 16.1. The summed E-state index contributed by atoms with van der Waals surface area (Å²) in [5, 5.41) is 3.39. The molecular formula is C19H24ClFN2O. The lowest BCUT2D eigenvalue weighted by molar-refractivity contribution is 0.305. The second-order valence-corrected chi connectivity index (χ2v) is 6.00. The second-order valence-electron chi connectivity index (χ2n) is 6.00. The van der Waals surface area contributed by atoms with Crippen molar-refractivity contribution < 1.29 is 9.13 Å². The number of ether oxygens (including phenoxy) is 1. The van der Waals surface area contributed by atoms with Crippen molar-refractivity contribution in [2.45, 2.75) is 25.5 Å². The first-order valence-electron chi connectivity index (χ1n) is 8.13. The van der Waals surface area contributed by atoms with Crippen molar-refractivity contribution in [2.75, 3.05) is 25.0 Å². The average molecular weight is 351 g/mol. The summed E-state index contributed by atoms with van der Waals surface area (Å²) in [7, 11) is 2.15. The molecule has 0 aromatic heterocycles. The number of nitrogens with zero attached hydrogens (tertiary/aromatic N) is 1. The molecule has 1 saturated heterocycles. The third-order valence-corrected chi connectivity index (χ3v) is 4.39. The third kappa shape index (κ3) is 4.86. The molecule has 0 atom stereocenters. The predicted molar refractivity (Wildman–Crippen MR) is 98.7 cm³/mol. The first-order chi connectivity index (χ1) is 11.2. The van der Waals surface area contributed by atoms with Gasteiger partial charge in [-0.2, -0.15) is 0 Å². The molecule has 1 heterocycles. The van der Waals surface area contributed by atoms with Gasteiger partial charge in [-0.25, -0.2) is 4.39 Å². The SMILES string of the molecule is CN(c1ccc(OCc2cccc(F)c2)cc1)C1CCNCC1.Cl. The molecule has 0 aliphatic carbocycles. The van der Waals surface area contributed by atoms with Gasteiger partial charge in [0.15, 0.2) is 0 Å². The van der Waals surface area contributed by atoms with Crippen molar-refractivity contribution >= 4 is 18.1 Å². The molecule has 2 aromatic rings. The van der Waals surface area contributed by atoms with Crippen molar-refractivity contribution in [3.05, 3.63) is 59.9 Å². The summed E-state index contributed by atoms with van der Waals surface area (Å²) in [6.07, 6.45) is 2.35. The lowest BCUT2D eigenvalue weighted by atomic mass is 10.0. The summed E-state index contributed by atoms with van der Waals surface area (Å²) in [6.45, 7) is 2.55. The first kappa shape index (κ1) is 18.6. The van der Waals surface area contributed by atoms with Gasteiger partial charge in [0, 0.05) is 18.8 Å². The number of halogens is 2. The van der Waals surface area contributed by atoms with Crippen molar-refractivity contribution in [1.82, 2.24) is 5.32 Å². The lowest BCUT2D eigenvalue weighted by Crippen LogP contribution is -2.41. The van der Waals surface area contributed by atoms with E-state index in [1.165, 1.54) is 30.7 Å². The minimum Gasteiger partial charge on any atom is -0.489 e. The summed E-state index contributed by atoms with van der Waals surface area (Å²) in [6, 6.07) is 15.2. The molecule has 0 saturated carbocycles. The topological polar surface area (TPSA) is 24.5 Å². The van der Waals surface area contributed by atoms with Gasteiger partial charge in [-0.3, -0.25) is 0 Å². The smallest absolute Gasteiger partial charge is 0.123 e. The number of piperidine rings is 1. The molecule has 0 unspecified atom stereocenters. The summed E-state index contributed by atoms with van der Waals surface area (Å²) in [4.78, 5) is 2.34. The zero-order valence-electron chi connectivity index (χ0n) is 13.9. The van der Waals surface area contributed by atoms with Gasteiger partial charge in [0.1, 0.15) is 18.2 Å². The van der Waals surface area contributed by atoms with Crippen LogP contribution in [0.1, 0.15) is 18.4 Å². The molecule has 3 nitrogen and oxygen atoms in total. The minimum atomic E-state index is -0.231. The molecule has 2 aromatic carbocycles. The Morgan fingerprint density at radius 1 is 1.12 bits per heavy atom. The molecule has 130 valence electrons. The van der Waals surface area contributed by atoms with Gasteiger partial charge < -0.3 is 15.0 Å². The van der Waals surface area contributed by atoms with Gasteiger partial charge >= 0.3 is 0 Å². The Bertz CT molecular complexity index is 630. The normalized spacial score (nSPS) is 14.8. The fourth-order valence-corrected chi connectivity index (χ4v) is 2.98. The van der Waals surface area contributed by atoms with E-state index in [-0.39, 0.29) is 18.2 Å². The van der Waals surface area contributed by atoms with Crippen LogP contribution < -0.4 is 15.0 Å². The van der Waals surface area contributed by atoms with Crippen LogP contribution in [0.25, 0.3) is 0 Å². The Labute approximate surface area is 149 Å². The van der Waals surface area contributed by atoms with E-state index in [9.17, 15) is 4.39 Å². The maximum atomic E-state index is 13.1. The quantitative estimate of drug-likeness (QED) is 0.881. The summed E-state index contributed by atoms with van der Waals surface area (Å²) >= 11 is 0. The fraction of sp³-hybridized carbons (Fsp3) is 0.368. The van der Waals surface area contributed by atoms with E-state index in [4.69, 9.17) is 4.74 Å². The second kappa shape index (κ2) is 8.90. The van der Waals surface area contributed by atoms with Crippen LogP contribution in [0.2, 0.25) is 0 Å². The Hall–Kier alpha value is -1.78. The van der Waals surface area contributed by atoms with Crippen LogP contribution in [0.4, 0.5) is 10.1 Å². The standard InChI is InChI=1S/C19H23FN2O.ClH/c1-22(18-9-11-21-12-10-18)17-5-7-19(8-6-17)23-14-15-3-2-4-16(20)13-15;/h2-8,13,18,21H,9-12,14H2,1H3;1H. The Balaban J connectivity index is 0.00000208. The van der Waals surface area contributed by atoms with Crippen molar-refractivity contribution in [2.24, 2.45) is 0 Å². The molecule has 5 heteroatoms. The van der Waals surface area contributed by atoms with E-state index in [1.54, 1.807) is 6.07 Å². The van der Waals surface area contributed by atoms with Crippen LogP contribution in [-0.4, -0.2) is 26.2 Å². The average Bonchev–Trinajstić information content (AvgIpc) is 2.61. The Kier molecular flexibility index (Phi) is 6.88. The molecule has 24 heavy (non-hydrogen) atoms. The number of hydrogen-bond acceptors (Lipinski definition) is 3. The largest absolute Gasteiger partial charge is 0.489 e. The van der Waals surface area contributed by atoms with Crippen molar-refractivity contribution in [3.8, 4) is 5.75 Å². The number of anilines is 1. The Morgan fingerprint density at radius 2 is 1.83 bits per heavy atom. The van der Waals surface area contributed by atoms with Gasteiger partial charge in [0.05, 0.1) is 0 Å². The lowest BCUT2D eigenvalue weighted by Gasteiger charge is -2.33. The minimum absolute atomic E-state index is 0. The van der Waals surface area contributed by atoms with E-state index < -0.39 is 0 Å². The molecule has 0 amide bonds. The van der Waals surface area contributed by atoms with Gasteiger partial charge in [-0.1, -0.05) is 12.1 Å². The molecule has 0 spiro atoms. The molecule has 1 aliphatic heterocycles. The highest BCUT2D eigenvalue weighted by molar-refractivity contribution is 5.85. The van der Waals surface area contributed by atoms with E-state index >= 15 is 0 Å². The highest BCUT2D eigenvalue weighted by Crippen LogP contribution is 2.23. The number of rotatable bonds is 5. The van der Waals surface area contributed by atoms with Gasteiger partial charge in [-0.05, 0) is 67.9 Å². The number of nitrogens with one attached hydrogen (secondary N) is 1. The van der Waals surface area contributed by atoms with Crippen LogP contribution in [0, 0.1) is 5.82 Å². The van der Waals surface area contributed by atoms with E-state index in [0.717, 1.165) is 24.4 Å². The van der Waals surface area contributed by atoms with E-state index in [1.807, 2.05) is 18.2 Å². The summed E-state index contributed by atoms with van der Waals surface area (Å²) in [5.74, 6) is 0.571. The highest BCUT2D eigenvalue weighted by Gasteiger charge is 2.17. The molecule has 0 bridgehead atoms. The van der Waals surface area contributed by atoms with Gasteiger partial charge in [-0.15, -0.1) is 12.4 Å². The number of hydrogen-bond donors (Lipinski definition) is 1. The van der Waals surface area contributed by atoms with Crippen LogP contribution in [0.5, 0.6) is 5.75 Å². The van der Waals surface area contributed by atoms with Crippen LogP contribution >= 0.6 is 12.4 Å². The van der Waals surface area contributed by atoms with Gasteiger partial charge in [0.2, 0.25) is 0 Å². The monoisotopic (exact) mass is 350 g/mol. The maximum absolute atomic E-state index is 13.1. The highest BCUT2D eigenvalue weighted by atomic mass is 35.5. The van der Waals surface area contributed by atoms with Crippen LogP contribution in [0.3, 0.4) is 0 Å². The zero-order valence-corrected chi connectivity index (χ0v) is 14.7. The van der Waals surface area contributed by atoms with Crippen LogP contribution in [0.15, 0.2) is 48.5 Å². The third-order valence-electron chi connectivity index (χ3n) is 4.39. The van der Waals surface area contributed by atoms with E-state index in [0.29, 0.717) is 12.6 Å². The predicted octanol–water partition coefficient (Wildman–Crippen LogP) is 4.01. The van der Waals surface area contributed by atoms with Gasteiger partial charge in [0.25, 0.3) is 0 Å². The maximum Gasteiger partial charge on any atom is 0.123 e. The summed E-state index contributed by atoms with van der Waals surface area (Å²) in [5.41, 5.74) is 2.04. The molecule has 1 N–H and O–H groups in total. The van der Waals surface area contributed by atoms with Crippen molar-refractivity contribution in [3.63, 3.8) is 0 Å². The summed E-state index contributed by atoms with van der Waals surface area (Å²) < 4.78 is 18.9. The molecule has 0 radical (unpaired) electrons.